The Bertz CT molecular complexity index is 353. The number of carbonyl (C=O) groups excluding carboxylic acids is 1. The van der Waals surface area contributed by atoms with Gasteiger partial charge in [-0.3, -0.25) is 4.79 Å². The van der Waals surface area contributed by atoms with E-state index in [4.69, 9.17) is 10.0 Å². The second-order valence-electron chi connectivity index (χ2n) is 2.83. The number of nitrogens with one attached hydrogen (secondary N) is 1. The number of amides is 1. The minimum absolute atomic E-state index is 0.0451. The van der Waals surface area contributed by atoms with Gasteiger partial charge in [-0.25, -0.2) is 0 Å². The third kappa shape index (κ3) is 2.48. The van der Waals surface area contributed by atoms with E-state index < -0.39 is 7.12 Å². The summed E-state index contributed by atoms with van der Waals surface area (Å²) in [6.45, 7) is 1.34. The van der Waals surface area contributed by atoms with Crippen LogP contribution in [0.3, 0.4) is 0 Å². The summed E-state index contributed by atoms with van der Waals surface area (Å²) in [5.74, 6) is -0.497. The predicted molar refractivity (Wildman–Crippen MR) is 52.2 cm³/mol. The fourth-order valence-electron chi connectivity index (χ4n) is 1.04. The molecule has 0 atom stereocenters. The molecule has 0 heterocycles. The zero-order valence-corrected chi connectivity index (χ0v) is 7.56. The van der Waals surface area contributed by atoms with Gasteiger partial charge in [0.15, 0.2) is 0 Å². The third-order valence-corrected chi connectivity index (χ3v) is 1.63. The Kier molecular flexibility index (Phi) is 3.11. The van der Waals surface area contributed by atoms with Gasteiger partial charge in [-0.1, -0.05) is 0 Å². The number of benzene rings is 1. The van der Waals surface area contributed by atoms with Crippen LogP contribution in [0.5, 0.6) is 5.75 Å². The highest BCUT2D eigenvalue weighted by molar-refractivity contribution is 6.59. The highest BCUT2D eigenvalue weighted by Crippen LogP contribution is 2.12. The molecule has 0 aliphatic rings. The zero-order chi connectivity index (χ0) is 10.7. The third-order valence-electron chi connectivity index (χ3n) is 1.63. The molecule has 0 radical (unpaired) electrons. The average molecular weight is 195 g/mol. The van der Waals surface area contributed by atoms with Gasteiger partial charge >= 0.3 is 7.12 Å². The maximum atomic E-state index is 10.7. The molecule has 0 saturated heterocycles. The minimum atomic E-state index is -1.76. The quantitative estimate of drug-likeness (QED) is 0.361. The van der Waals surface area contributed by atoms with E-state index in [2.05, 4.69) is 5.32 Å². The van der Waals surface area contributed by atoms with Crippen LogP contribution < -0.4 is 10.8 Å². The molecule has 0 unspecified atom stereocenters. The normalized spacial score (nSPS) is 9.64. The summed E-state index contributed by atoms with van der Waals surface area (Å²) in [6.07, 6.45) is 0. The van der Waals surface area contributed by atoms with Crippen molar-refractivity contribution in [2.45, 2.75) is 6.92 Å². The van der Waals surface area contributed by atoms with Crippen molar-refractivity contribution in [1.29, 1.82) is 0 Å². The molecule has 0 aliphatic heterocycles. The molecule has 0 saturated carbocycles. The molecule has 1 rings (SSSR count). The molecule has 1 amide bonds. The van der Waals surface area contributed by atoms with E-state index >= 15 is 0 Å². The monoisotopic (exact) mass is 195 g/mol. The number of hydrogen-bond acceptors (Lipinski definition) is 4. The Labute approximate surface area is 81.1 Å². The standard InChI is InChI=1S/C8H10BNO4/c1-5(11)10-6-2-3-8(12)7(4-6)9(13)14/h2-4,12-14H,1H3,(H,10,11). The Hall–Kier alpha value is -1.53. The van der Waals surface area contributed by atoms with Crippen molar-refractivity contribution in [1.82, 2.24) is 0 Å². The molecular formula is C8H10BNO4. The summed E-state index contributed by atoms with van der Waals surface area (Å²) in [5.41, 5.74) is 0.356. The van der Waals surface area contributed by atoms with E-state index in [1.807, 2.05) is 0 Å². The van der Waals surface area contributed by atoms with Crippen molar-refractivity contribution in [2.24, 2.45) is 0 Å². The van der Waals surface area contributed by atoms with Crippen LogP contribution in [0.1, 0.15) is 6.92 Å². The van der Waals surface area contributed by atoms with Crippen LogP contribution in [-0.4, -0.2) is 28.2 Å². The van der Waals surface area contributed by atoms with Crippen LogP contribution in [0.2, 0.25) is 0 Å². The van der Waals surface area contributed by atoms with Crippen LogP contribution in [-0.2, 0) is 4.79 Å². The summed E-state index contributed by atoms with van der Waals surface area (Å²) in [6, 6.07) is 4.03. The molecule has 6 heteroatoms. The first-order chi connectivity index (χ1) is 6.50. The maximum absolute atomic E-state index is 10.7. The molecule has 5 nitrogen and oxygen atoms in total. The van der Waals surface area contributed by atoms with E-state index in [1.165, 1.54) is 25.1 Å². The van der Waals surface area contributed by atoms with Crippen LogP contribution in [0.25, 0.3) is 0 Å². The van der Waals surface area contributed by atoms with Gasteiger partial charge in [0.1, 0.15) is 5.75 Å². The number of anilines is 1. The second-order valence-corrected chi connectivity index (χ2v) is 2.83. The molecule has 0 aliphatic carbocycles. The molecular weight excluding hydrogens is 185 g/mol. The fraction of sp³-hybridized carbons (Fsp3) is 0.125. The van der Waals surface area contributed by atoms with Crippen molar-refractivity contribution in [3.05, 3.63) is 18.2 Å². The summed E-state index contributed by atoms with van der Waals surface area (Å²) in [5, 5.41) is 29.4. The van der Waals surface area contributed by atoms with Crippen molar-refractivity contribution in [3.63, 3.8) is 0 Å². The van der Waals surface area contributed by atoms with E-state index in [-0.39, 0.29) is 17.1 Å². The molecule has 1 aromatic carbocycles. The maximum Gasteiger partial charge on any atom is 0.492 e. The first kappa shape index (κ1) is 10.6. The van der Waals surface area contributed by atoms with E-state index in [1.54, 1.807) is 0 Å². The Balaban J connectivity index is 3.00. The van der Waals surface area contributed by atoms with Crippen LogP contribution >= 0.6 is 0 Å². The average Bonchev–Trinajstić information content (AvgIpc) is 2.07. The number of rotatable bonds is 2. The Morgan fingerprint density at radius 3 is 2.57 bits per heavy atom. The van der Waals surface area contributed by atoms with Gasteiger partial charge < -0.3 is 20.5 Å². The van der Waals surface area contributed by atoms with Crippen molar-refractivity contribution >= 4 is 24.2 Å². The largest absolute Gasteiger partial charge is 0.508 e. The Morgan fingerprint density at radius 1 is 1.43 bits per heavy atom. The van der Waals surface area contributed by atoms with Gasteiger partial charge in [0, 0.05) is 18.1 Å². The van der Waals surface area contributed by atoms with Gasteiger partial charge in [0.05, 0.1) is 0 Å². The van der Waals surface area contributed by atoms with Crippen LogP contribution in [0.15, 0.2) is 18.2 Å². The zero-order valence-electron chi connectivity index (χ0n) is 7.56. The molecule has 0 spiro atoms. The number of phenols is 1. The van der Waals surface area contributed by atoms with Crippen LogP contribution in [0.4, 0.5) is 5.69 Å². The molecule has 0 bridgehead atoms. The number of phenolic OH excluding ortho intramolecular Hbond substituents is 1. The van der Waals surface area contributed by atoms with E-state index in [0.29, 0.717) is 5.69 Å². The summed E-state index contributed by atoms with van der Waals surface area (Å²) in [4.78, 5) is 10.7. The SMILES string of the molecule is CC(=O)Nc1ccc(O)c(B(O)O)c1. The smallest absolute Gasteiger partial charge is 0.492 e. The lowest BCUT2D eigenvalue weighted by molar-refractivity contribution is -0.114. The summed E-state index contributed by atoms with van der Waals surface area (Å²) >= 11 is 0. The molecule has 0 fully saturated rings. The molecule has 0 aromatic heterocycles. The highest BCUT2D eigenvalue weighted by Gasteiger charge is 2.16. The Morgan fingerprint density at radius 2 is 2.07 bits per heavy atom. The van der Waals surface area contributed by atoms with Gasteiger partial charge in [0.2, 0.25) is 5.91 Å². The van der Waals surface area contributed by atoms with Gasteiger partial charge in [0.25, 0.3) is 0 Å². The van der Waals surface area contributed by atoms with E-state index in [9.17, 15) is 9.90 Å². The van der Waals surface area contributed by atoms with Crippen molar-refractivity contribution in [3.8, 4) is 5.75 Å². The lowest BCUT2D eigenvalue weighted by Gasteiger charge is -2.06. The molecule has 74 valence electrons. The topological polar surface area (TPSA) is 89.8 Å². The molecule has 1 aromatic rings. The summed E-state index contributed by atoms with van der Waals surface area (Å²) in [7, 11) is -1.76. The first-order valence-corrected chi connectivity index (χ1v) is 3.97. The summed E-state index contributed by atoms with van der Waals surface area (Å²) < 4.78 is 0. The number of aromatic hydroxyl groups is 1. The van der Waals surface area contributed by atoms with Gasteiger partial charge in [-0.15, -0.1) is 0 Å². The lowest BCUT2D eigenvalue weighted by atomic mass is 9.79. The van der Waals surface area contributed by atoms with Gasteiger partial charge in [-0.2, -0.15) is 0 Å². The van der Waals surface area contributed by atoms with Gasteiger partial charge in [-0.05, 0) is 18.2 Å². The first-order valence-electron chi connectivity index (χ1n) is 3.97. The number of hydrogen-bond donors (Lipinski definition) is 4. The second kappa shape index (κ2) is 4.12. The molecule has 14 heavy (non-hydrogen) atoms. The fourth-order valence-corrected chi connectivity index (χ4v) is 1.04. The lowest BCUT2D eigenvalue weighted by Crippen LogP contribution is -2.30. The molecule has 4 N–H and O–H groups in total. The minimum Gasteiger partial charge on any atom is -0.508 e. The predicted octanol–water partition coefficient (Wildman–Crippen LogP) is -0.970. The van der Waals surface area contributed by atoms with Crippen LogP contribution in [0, 0.1) is 0 Å². The highest BCUT2D eigenvalue weighted by atomic mass is 16.4. The van der Waals surface area contributed by atoms with Crippen molar-refractivity contribution in [2.75, 3.05) is 5.32 Å². The van der Waals surface area contributed by atoms with E-state index in [0.717, 1.165) is 0 Å². The van der Waals surface area contributed by atoms with Crippen molar-refractivity contribution < 1.29 is 19.9 Å². The number of carbonyl (C=O) groups is 1.